The van der Waals surface area contributed by atoms with E-state index in [-0.39, 0.29) is 0 Å². The Morgan fingerprint density at radius 2 is 1.95 bits per heavy atom. The first-order valence-electron chi connectivity index (χ1n) is 6.95. The van der Waals surface area contributed by atoms with E-state index in [1.807, 2.05) is 37.3 Å². The standard InChI is InChI=1S/C15H19N3O2/c1-15(19)7-9-18(10-8-15)11-13-16-14(17-20-13)12-5-3-2-4-6-12/h2-6,19H,7-11H2,1H3. The van der Waals surface area contributed by atoms with Crippen molar-refractivity contribution in [2.24, 2.45) is 0 Å². The molecule has 0 atom stereocenters. The van der Waals surface area contributed by atoms with Gasteiger partial charge in [0.2, 0.25) is 11.7 Å². The van der Waals surface area contributed by atoms with Gasteiger partial charge in [0.05, 0.1) is 12.1 Å². The lowest BCUT2D eigenvalue weighted by Crippen LogP contribution is -2.42. The summed E-state index contributed by atoms with van der Waals surface area (Å²) in [6.45, 7) is 4.26. The smallest absolute Gasteiger partial charge is 0.241 e. The third kappa shape index (κ3) is 3.05. The van der Waals surface area contributed by atoms with E-state index in [1.54, 1.807) is 0 Å². The molecule has 1 N–H and O–H groups in total. The fraction of sp³-hybridized carbons (Fsp3) is 0.467. The minimum Gasteiger partial charge on any atom is -0.390 e. The van der Waals surface area contributed by atoms with Crippen molar-refractivity contribution in [1.82, 2.24) is 15.0 Å². The van der Waals surface area contributed by atoms with Gasteiger partial charge in [-0.3, -0.25) is 4.90 Å². The molecule has 2 heterocycles. The lowest BCUT2D eigenvalue weighted by molar-refractivity contribution is -0.00944. The summed E-state index contributed by atoms with van der Waals surface area (Å²) in [5, 5.41) is 14.0. The monoisotopic (exact) mass is 273 g/mol. The van der Waals surface area contributed by atoms with Gasteiger partial charge >= 0.3 is 0 Å². The van der Waals surface area contributed by atoms with Crippen molar-refractivity contribution < 1.29 is 9.63 Å². The van der Waals surface area contributed by atoms with Crippen LogP contribution in [0.1, 0.15) is 25.7 Å². The van der Waals surface area contributed by atoms with Gasteiger partial charge in [0.15, 0.2) is 0 Å². The molecule has 3 rings (SSSR count). The molecule has 2 aromatic rings. The zero-order valence-corrected chi connectivity index (χ0v) is 11.6. The van der Waals surface area contributed by atoms with Crippen LogP contribution in [0.25, 0.3) is 11.4 Å². The fourth-order valence-corrected chi connectivity index (χ4v) is 2.41. The van der Waals surface area contributed by atoms with Gasteiger partial charge in [-0.05, 0) is 19.8 Å². The van der Waals surface area contributed by atoms with Crippen molar-refractivity contribution in [2.75, 3.05) is 13.1 Å². The molecule has 1 aromatic carbocycles. The SMILES string of the molecule is CC1(O)CCN(Cc2nc(-c3ccccc3)no2)CC1. The van der Waals surface area contributed by atoms with Crippen LogP contribution in [-0.2, 0) is 6.54 Å². The van der Waals surface area contributed by atoms with Gasteiger partial charge in [0, 0.05) is 18.7 Å². The van der Waals surface area contributed by atoms with Gasteiger partial charge in [0.1, 0.15) is 0 Å². The molecule has 1 aliphatic heterocycles. The largest absolute Gasteiger partial charge is 0.390 e. The molecular weight excluding hydrogens is 254 g/mol. The number of aromatic nitrogens is 2. The average molecular weight is 273 g/mol. The maximum atomic E-state index is 9.93. The second-order valence-electron chi connectivity index (χ2n) is 5.65. The van der Waals surface area contributed by atoms with Gasteiger partial charge in [-0.15, -0.1) is 0 Å². The zero-order valence-electron chi connectivity index (χ0n) is 11.6. The number of likely N-dealkylation sites (tertiary alicyclic amines) is 1. The molecule has 0 radical (unpaired) electrons. The predicted octanol–water partition coefficient (Wildman–Crippen LogP) is 2.08. The highest BCUT2D eigenvalue weighted by Crippen LogP contribution is 2.22. The van der Waals surface area contributed by atoms with Gasteiger partial charge in [-0.25, -0.2) is 0 Å². The molecule has 1 saturated heterocycles. The minimum absolute atomic E-state index is 0.527. The molecule has 106 valence electrons. The molecule has 1 aliphatic rings. The number of hydrogen-bond donors (Lipinski definition) is 1. The van der Waals surface area contributed by atoms with Crippen LogP contribution in [0.15, 0.2) is 34.9 Å². The second-order valence-corrected chi connectivity index (χ2v) is 5.65. The van der Waals surface area contributed by atoms with Crippen molar-refractivity contribution in [1.29, 1.82) is 0 Å². The molecule has 0 bridgehead atoms. The van der Waals surface area contributed by atoms with Crippen LogP contribution in [0.5, 0.6) is 0 Å². The summed E-state index contributed by atoms with van der Waals surface area (Å²) in [5.74, 6) is 1.26. The number of piperidine rings is 1. The molecule has 5 heteroatoms. The van der Waals surface area contributed by atoms with Crippen molar-refractivity contribution in [3.05, 3.63) is 36.2 Å². The number of hydrogen-bond acceptors (Lipinski definition) is 5. The van der Waals surface area contributed by atoms with E-state index in [2.05, 4.69) is 15.0 Å². The van der Waals surface area contributed by atoms with Crippen molar-refractivity contribution in [3.8, 4) is 11.4 Å². The van der Waals surface area contributed by atoms with Crippen LogP contribution < -0.4 is 0 Å². The molecule has 0 spiro atoms. The highest BCUT2D eigenvalue weighted by Gasteiger charge is 2.28. The van der Waals surface area contributed by atoms with Crippen molar-refractivity contribution in [2.45, 2.75) is 31.9 Å². The van der Waals surface area contributed by atoms with Crippen LogP contribution in [-0.4, -0.2) is 38.8 Å². The number of rotatable bonds is 3. The molecule has 0 aliphatic carbocycles. The maximum Gasteiger partial charge on any atom is 0.241 e. The summed E-state index contributed by atoms with van der Waals surface area (Å²) in [6.07, 6.45) is 1.57. The van der Waals surface area contributed by atoms with Gasteiger partial charge < -0.3 is 9.63 Å². The van der Waals surface area contributed by atoms with E-state index in [9.17, 15) is 5.11 Å². The normalized spacial score (nSPS) is 19.1. The minimum atomic E-state index is -0.527. The first-order valence-corrected chi connectivity index (χ1v) is 6.95. The Hall–Kier alpha value is -1.72. The Balaban J connectivity index is 1.64. The van der Waals surface area contributed by atoms with E-state index < -0.39 is 5.60 Å². The van der Waals surface area contributed by atoms with Crippen LogP contribution in [0.2, 0.25) is 0 Å². The van der Waals surface area contributed by atoms with E-state index in [1.165, 1.54) is 0 Å². The average Bonchev–Trinajstić information content (AvgIpc) is 2.91. The first kappa shape index (κ1) is 13.3. The van der Waals surface area contributed by atoms with Gasteiger partial charge in [-0.2, -0.15) is 4.98 Å². The van der Waals surface area contributed by atoms with Crippen LogP contribution in [0, 0.1) is 0 Å². The molecule has 20 heavy (non-hydrogen) atoms. The fourth-order valence-electron chi connectivity index (χ4n) is 2.41. The van der Waals surface area contributed by atoms with Crippen LogP contribution >= 0.6 is 0 Å². The molecule has 1 aromatic heterocycles. The highest BCUT2D eigenvalue weighted by atomic mass is 16.5. The Bertz CT molecular complexity index is 556. The third-order valence-corrected chi connectivity index (χ3v) is 3.79. The molecule has 5 nitrogen and oxygen atoms in total. The van der Waals surface area contributed by atoms with E-state index in [0.29, 0.717) is 18.3 Å². The number of aliphatic hydroxyl groups is 1. The lowest BCUT2D eigenvalue weighted by atomic mass is 9.94. The predicted molar refractivity (Wildman–Crippen MR) is 74.9 cm³/mol. The summed E-state index contributed by atoms with van der Waals surface area (Å²) in [7, 11) is 0. The molecule has 1 fully saturated rings. The van der Waals surface area contributed by atoms with Crippen molar-refractivity contribution in [3.63, 3.8) is 0 Å². The maximum absolute atomic E-state index is 9.93. The summed E-state index contributed by atoms with van der Waals surface area (Å²) >= 11 is 0. The molecule has 0 unspecified atom stereocenters. The van der Waals surface area contributed by atoms with Crippen LogP contribution in [0.4, 0.5) is 0 Å². The quantitative estimate of drug-likeness (QED) is 0.927. The summed E-state index contributed by atoms with van der Waals surface area (Å²) in [4.78, 5) is 6.67. The zero-order chi connectivity index (χ0) is 14.0. The Labute approximate surface area is 118 Å². The first-order chi connectivity index (χ1) is 9.62. The number of benzene rings is 1. The molecule has 0 saturated carbocycles. The highest BCUT2D eigenvalue weighted by molar-refractivity contribution is 5.53. The molecular formula is C15H19N3O2. The Morgan fingerprint density at radius 1 is 1.25 bits per heavy atom. The summed E-state index contributed by atoms with van der Waals surface area (Å²) in [6, 6.07) is 9.81. The number of nitrogens with zero attached hydrogens (tertiary/aromatic N) is 3. The van der Waals surface area contributed by atoms with Gasteiger partial charge in [0.25, 0.3) is 0 Å². The Kier molecular flexibility index (Phi) is 3.54. The van der Waals surface area contributed by atoms with E-state index >= 15 is 0 Å². The Morgan fingerprint density at radius 3 is 2.65 bits per heavy atom. The third-order valence-electron chi connectivity index (χ3n) is 3.79. The van der Waals surface area contributed by atoms with E-state index in [0.717, 1.165) is 31.5 Å². The van der Waals surface area contributed by atoms with Crippen molar-refractivity contribution >= 4 is 0 Å². The summed E-state index contributed by atoms with van der Waals surface area (Å²) < 4.78 is 5.31. The van der Waals surface area contributed by atoms with Gasteiger partial charge in [-0.1, -0.05) is 35.5 Å². The molecule has 0 amide bonds. The second kappa shape index (κ2) is 5.34. The lowest BCUT2D eigenvalue weighted by Gasteiger charge is -2.34. The van der Waals surface area contributed by atoms with E-state index in [4.69, 9.17) is 4.52 Å². The summed E-state index contributed by atoms with van der Waals surface area (Å²) in [5.41, 5.74) is 0.435. The topological polar surface area (TPSA) is 62.4 Å². The van der Waals surface area contributed by atoms with Crippen LogP contribution in [0.3, 0.4) is 0 Å².